The van der Waals surface area contributed by atoms with Crippen molar-refractivity contribution in [3.8, 4) is 11.5 Å². The van der Waals surface area contributed by atoms with Gasteiger partial charge in [-0.15, -0.1) is 0 Å². The summed E-state index contributed by atoms with van der Waals surface area (Å²) in [5.74, 6) is -1.38. The van der Waals surface area contributed by atoms with Crippen LogP contribution in [0.3, 0.4) is 0 Å². The number of aromatic nitrogens is 1. The van der Waals surface area contributed by atoms with E-state index in [9.17, 15) is 15.0 Å². The largest absolute Gasteiger partial charge is 0.504 e. The van der Waals surface area contributed by atoms with Crippen LogP contribution in [0.5, 0.6) is 11.5 Å². The average molecular weight is 207 g/mol. The second-order valence-corrected chi connectivity index (χ2v) is 3.29. The molecule has 78 valence electrons. The van der Waals surface area contributed by atoms with Crippen LogP contribution < -0.4 is 0 Å². The summed E-state index contributed by atoms with van der Waals surface area (Å²) in [5.41, 5.74) is 1.13. The van der Waals surface area contributed by atoms with E-state index in [4.69, 9.17) is 5.11 Å². The number of aromatic hydroxyl groups is 2. The number of H-pyrrole nitrogens is 1. The Morgan fingerprint density at radius 3 is 2.53 bits per heavy atom. The fourth-order valence-corrected chi connectivity index (χ4v) is 1.48. The highest BCUT2D eigenvalue weighted by atomic mass is 16.4. The number of hydrogen-bond acceptors (Lipinski definition) is 3. The summed E-state index contributed by atoms with van der Waals surface area (Å²) >= 11 is 0. The number of phenolic OH excluding ortho intramolecular Hbond substituents is 2. The lowest BCUT2D eigenvalue weighted by atomic mass is 10.2. The maximum absolute atomic E-state index is 10.5. The fraction of sp³-hybridized carbons (Fsp3) is 0.100. The van der Waals surface area contributed by atoms with Crippen molar-refractivity contribution in [3.63, 3.8) is 0 Å². The van der Waals surface area contributed by atoms with Gasteiger partial charge in [0.05, 0.1) is 6.42 Å². The van der Waals surface area contributed by atoms with Crippen LogP contribution in [0.4, 0.5) is 0 Å². The molecule has 0 spiro atoms. The second kappa shape index (κ2) is 3.20. The number of phenols is 2. The van der Waals surface area contributed by atoms with E-state index in [0.717, 1.165) is 0 Å². The van der Waals surface area contributed by atoms with Crippen molar-refractivity contribution in [2.45, 2.75) is 6.42 Å². The molecule has 15 heavy (non-hydrogen) atoms. The molecule has 4 N–H and O–H groups in total. The smallest absolute Gasteiger partial charge is 0.309 e. The third-order valence-electron chi connectivity index (χ3n) is 2.11. The van der Waals surface area contributed by atoms with Gasteiger partial charge in [-0.3, -0.25) is 4.79 Å². The number of hydrogen-bond donors (Lipinski definition) is 4. The predicted molar refractivity (Wildman–Crippen MR) is 53.0 cm³/mol. The molecule has 5 heteroatoms. The predicted octanol–water partition coefficient (Wildman–Crippen LogP) is 1.21. The molecular formula is C10H9NO4. The number of carboxylic acid groups (broad SMARTS) is 1. The van der Waals surface area contributed by atoms with Crippen LogP contribution in [0, 0.1) is 0 Å². The lowest BCUT2D eigenvalue weighted by Gasteiger charge is -1.95. The Labute approximate surface area is 84.6 Å². The van der Waals surface area contributed by atoms with Gasteiger partial charge in [0.1, 0.15) is 0 Å². The van der Waals surface area contributed by atoms with E-state index in [1.807, 2.05) is 0 Å². The van der Waals surface area contributed by atoms with Crippen molar-refractivity contribution >= 4 is 16.9 Å². The minimum Gasteiger partial charge on any atom is -0.504 e. The van der Waals surface area contributed by atoms with Crippen molar-refractivity contribution in [1.29, 1.82) is 0 Å². The van der Waals surface area contributed by atoms with Gasteiger partial charge in [-0.25, -0.2) is 0 Å². The highest BCUT2D eigenvalue weighted by Crippen LogP contribution is 2.30. The summed E-state index contributed by atoms with van der Waals surface area (Å²) in [6.45, 7) is 0. The monoisotopic (exact) mass is 207 g/mol. The molecule has 5 nitrogen and oxygen atoms in total. The summed E-state index contributed by atoms with van der Waals surface area (Å²) in [7, 11) is 0. The van der Waals surface area contributed by atoms with E-state index in [2.05, 4.69) is 4.98 Å². The van der Waals surface area contributed by atoms with Crippen LogP contribution >= 0.6 is 0 Å². The van der Waals surface area contributed by atoms with Gasteiger partial charge in [0, 0.05) is 22.7 Å². The molecule has 1 aromatic heterocycles. The van der Waals surface area contributed by atoms with Crippen LogP contribution in [0.2, 0.25) is 0 Å². The third kappa shape index (κ3) is 1.71. The van der Waals surface area contributed by atoms with Gasteiger partial charge in [0.15, 0.2) is 11.5 Å². The average Bonchev–Trinajstić information content (AvgIpc) is 2.46. The molecule has 0 bridgehead atoms. The molecular weight excluding hydrogens is 198 g/mol. The van der Waals surface area contributed by atoms with Gasteiger partial charge >= 0.3 is 5.97 Å². The van der Waals surface area contributed by atoms with Crippen molar-refractivity contribution in [2.75, 3.05) is 0 Å². The standard InChI is InChI=1S/C10H9NO4/c12-8-2-5-1-6(3-10(14)15)11-7(5)4-9(8)13/h1-2,4,11-13H,3H2,(H,14,15). The Kier molecular flexibility index (Phi) is 2.00. The Bertz CT molecular complexity index is 490. The fourth-order valence-electron chi connectivity index (χ4n) is 1.48. The van der Waals surface area contributed by atoms with Crippen LogP contribution in [-0.2, 0) is 11.2 Å². The lowest BCUT2D eigenvalue weighted by Crippen LogP contribution is -1.99. The third-order valence-corrected chi connectivity index (χ3v) is 2.11. The van der Waals surface area contributed by atoms with E-state index >= 15 is 0 Å². The number of carbonyl (C=O) groups is 1. The van der Waals surface area contributed by atoms with E-state index in [-0.39, 0.29) is 17.9 Å². The van der Waals surface area contributed by atoms with Gasteiger partial charge in [0.25, 0.3) is 0 Å². The van der Waals surface area contributed by atoms with Gasteiger partial charge < -0.3 is 20.3 Å². The number of rotatable bonds is 2. The summed E-state index contributed by atoms with van der Waals surface area (Å²) in [4.78, 5) is 13.3. The first-order valence-electron chi connectivity index (χ1n) is 4.31. The summed E-state index contributed by atoms with van der Waals surface area (Å²) < 4.78 is 0. The lowest BCUT2D eigenvalue weighted by molar-refractivity contribution is -0.136. The molecule has 2 aromatic rings. The Hall–Kier alpha value is -2.17. The molecule has 0 saturated heterocycles. The number of aromatic amines is 1. The molecule has 0 atom stereocenters. The Balaban J connectivity index is 2.51. The van der Waals surface area contributed by atoms with Crippen LogP contribution in [-0.4, -0.2) is 26.3 Å². The molecule has 1 heterocycles. The van der Waals surface area contributed by atoms with E-state index in [1.165, 1.54) is 12.1 Å². The summed E-state index contributed by atoms with van der Waals surface area (Å²) in [5, 5.41) is 27.7. The van der Waals surface area contributed by atoms with Crippen molar-refractivity contribution in [3.05, 3.63) is 23.9 Å². The zero-order valence-corrected chi connectivity index (χ0v) is 7.69. The minimum absolute atomic E-state index is 0.115. The molecule has 0 amide bonds. The van der Waals surface area contributed by atoms with Crippen LogP contribution in [0.25, 0.3) is 10.9 Å². The molecule has 0 aliphatic heterocycles. The zero-order chi connectivity index (χ0) is 11.0. The van der Waals surface area contributed by atoms with Gasteiger partial charge in [0.2, 0.25) is 0 Å². The second-order valence-electron chi connectivity index (χ2n) is 3.29. The highest BCUT2D eigenvalue weighted by molar-refractivity contribution is 5.85. The topological polar surface area (TPSA) is 93.6 Å². The first kappa shape index (κ1) is 9.39. The molecule has 2 rings (SSSR count). The molecule has 0 unspecified atom stereocenters. The van der Waals surface area contributed by atoms with Gasteiger partial charge in [-0.2, -0.15) is 0 Å². The zero-order valence-electron chi connectivity index (χ0n) is 7.69. The molecule has 0 radical (unpaired) electrons. The van der Waals surface area contributed by atoms with Crippen molar-refractivity contribution in [1.82, 2.24) is 4.98 Å². The maximum Gasteiger partial charge on any atom is 0.309 e. The van der Waals surface area contributed by atoms with Gasteiger partial charge in [-0.05, 0) is 12.1 Å². The van der Waals surface area contributed by atoms with E-state index < -0.39 is 5.97 Å². The summed E-state index contributed by atoms with van der Waals surface area (Å²) in [6.07, 6.45) is -0.115. The van der Waals surface area contributed by atoms with Crippen molar-refractivity contribution < 1.29 is 20.1 Å². The van der Waals surface area contributed by atoms with Crippen LogP contribution in [0.15, 0.2) is 18.2 Å². The number of benzene rings is 1. The SMILES string of the molecule is O=C(O)Cc1cc2cc(O)c(O)cc2[nH]1. The number of fused-ring (bicyclic) bond motifs is 1. The quantitative estimate of drug-likeness (QED) is 0.557. The molecule has 0 fully saturated rings. The summed E-state index contributed by atoms with van der Waals surface area (Å²) in [6, 6.07) is 4.37. The molecule has 1 aromatic carbocycles. The molecule has 0 aliphatic rings. The molecule has 0 aliphatic carbocycles. The normalized spacial score (nSPS) is 10.7. The number of nitrogens with one attached hydrogen (secondary N) is 1. The van der Waals surface area contributed by atoms with E-state index in [1.54, 1.807) is 6.07 Å². The van der Waals surface area contributed by atoms with Gasteiger partial charge in [-0.1, -0.05) is 0 Å². The minimum atomic E-state index is -0.935. The number of aliphatic carboxylic acids is 1. The number of carboxylic acids is 1. The maximum atomic E-state index is 10.5. The Morgan fingerprint density at radius 1 is 1.20 bits per heavy atom. The van der Waals surface area contributed by atoms with E-state index in [0.29, 0.717) is 16.6 Å². The first-order valence-corrected chi connectivity index (χ1v) is 4.31. The van der Waals surface area contributed by atoms with Crippen LogP contribution in [0.1, 0.15) is 5.69 Å². The highest BCUT2D eigenvalue weighted by Gasteiger charge is 2.07. The van der Waals surface area contributed by atoms with Crippen molar-refractivity contribution in [2.24, 2.45) is 0 Å². The Morgan fingerprint density at radius 2 is 1.87 bits per heavy atom. The molecule has 0 saturated carbocycles. The first-order chi connectivity index (χ1) is 7.06.